The van der Waals surface area contributed by atoms with E-state index in [1.807, 2.05) is 13.8 Å². The lowest BCUT2D eigenvalue weighted by atomic mass is 10.2. The third-order valence-corrected chi connectivity index (χ3v) is 4.99. The van der Waals surface area contributed by atoms with Crippen molar-refractivity contribution >= 4 is 50.3 Å². The molecule has 0 aliphatic heterocycles. The molecule has 8 nitrogen and oxygen atoms in total. The van der Waals surface area contributed by atoms with E-state index in [0.717, 1.165) is 4.47 Å². The SMILES string of the molecule is C#CCOc1c(Cl)cc(C=Nn2c(C(C)C)nc3ccc(Br)cc3c2=O)cc1[N+](=O)[O-]. The van der Waals surface area contributed by atoms with Gasteiger partial charge in [0.25, 0.3) is 5.56 Å². The van der Waals surface area contributed by atoms with Crippen LogP contribution in [0, 0.1) is 22.5 Å². The number of aromatic nitrogens is 2. The van der Waals surface area contributed by atoms with Crippen molar-refractivity contribution in [2.75, 3.05) is 6.61 Å². The summed E-state index contributed by atoms with van der Waals surface area (Å²) in [6, 6.07) is 7.90. The Hall–Kier alpha value is -3.22. The van der Waals surface area contributed by atoms with E-state index in [0.29, 0.717) is 22.3 Å². The van der Waals surface area contributed by atoms with Gasteiger partial charge in [-0.2, -0.15) is 9.78 Å². The maximum absolute atomic E-state index is 13.1. The van der Waals surface area contributed by atoms with Gasteiger partial charge in [0, 0.05) is 22.0 Å². The van der Waals surface area contributed by atoms with Crippen LogP contribution >= 0.6 is 27.5 Å². The summed E-state index contributed by atoms with van der Waals surface area (Å²) in [5.74, 6) is 2.46. The summed E-state index contributed by atoms with van der Waals surface area (Å²) in [5, 5.41) is 16.1. The highest BCUT2D eigenvalue weighted by atomic mass is 79.9. The zero-order chi connectivity index (χ0) is 22.7. The van der Waals surface area contributed by atoms with Gasteiger partial charge in [-0.15, -0.1) is 6.42 Å². The summed E-state index contributed by atoms with van der Waals surface area (Å²) in [6.07, 6.45) is 6.45. The summed E-state index contributed by atoms with van der Waals surface area (Å²) < 4.78 is 7.12. The van der Waals surface area contributed by atoms with Crippen molar-refractivity contribution in [2.45, 2.75) is 19.8 Å². The topological polar surface area (TPSA) is 99.6 Å². The Kier molecular flexibility index (Phi) is 6.73. The minimum atomic E-state index is -0.629. The van der Waals surface area contributed by atoms with Gasteiger partial charge in [0.15, 0.2) is 0 Å². The predicted molar refractivity (Wildman–Crippen MR) is 123 cm³/mol. The lowest BCUT2D eigenvalue weighted by Gasteiger charge is -2.12. The zero-order valence-corrected chi connectivity index (χ0v) is 18.8. The molecule has 0 N–H and O–H groups in total. The Balaban J connectivity index is 2.14. The van der Waals surface area contributed by atoms with E-state index >= 15 is 0 Å². The summed E-state index contributed by atoms with van der Waals surface area (Å²) in [6.45, 7) is 3.61. The second-order valence-electron chi connectivity index (χ2n) is 6.75. The number of halogens is 2. The van der Waals surface area contributed by atoms with Crippen molar-refractivity contribution in [3.05, 3.63) is 71.7 Å². The molecule has 0 spiro atoms. The number of fused-ring (bicyclic) bond motifs is 1. The Bertz CT molecular complexity index is 1310. The molecular formula is C21H16BrClN4O4. The van der Waals surface area contributed by atoms with Crippen LogP contribution < -0.4 is 10.3 Å². The molecule has 2 aromatic carbocycles. The summed E-state index contributed by atoms with van der Waals surface area (Å²) in [7, 11) is 0. The Morgan fingerprint density at radius 3 is 2.81 bits per heavy atom. The van der Waals surface area contributed by atoms with Gasteiger partial charge >= 0.3 is 5.69 Å². The van der Waals surface area contributed by atoms with Crippen molar-refractivity contribution in [1.82, 2.24) is 9.66 Å². The zero-order valence-electron chi connectivity index (χ0n) is 16.5. The van der Waals surface area contributed by atoms with Crippen molar-refractivity contribution in [3.8, 4) is 18.1 Å². The van der Waals surface area contributed by atoms with Crippen molar-refractivity contribution < 1.29 is 9.66 Å². The molecule has 158 valence electrons. The Labute approximate surface area is 190 Å². The van der Waals surface area contributed by atoms with Crippen molar-refractivity contribution in [1.29, 1.82) is 0 Å². The molecule has 0 aliphatic rings. The van der Waals surface area contributed by atoms with E-state index in [1.54, 1.807) is 18.2 Å². The van der Waals surface area contributed by atoms with Gasteiger partial charge in [0.2, 0.25) is 5.75 Å². The average Bonchev–Trinajstić information content (AvgIpc) is 2.72. The third kappa shape index (κ3) is 4.76. The van der Waals surface area contributed by atoms with Gasteiger partial charge in [-0.3, -0.25) is 14.9 Å². The van der Waals surface area contributed by atoms with E-state index in [2.05, 4.69) is 31.9 Å². The first-order chi connectivity index (χ1) is 14.7. The molecule has 1 aromatic heterocycles. The molecule has 0 fully saturated rings. The fraction of sp³-hybridized carbons (Fsp3) is 0.190. The van der Waals surface area contributed by atoms with Gasteiger partial charge < -0.3 is 4.74 Å². The van der Waals surface area contributed by atoms with E-state index in [4.69, 9.17) is 22.8 Å². The minimum Gasteiger partial charge on any atom is -0.473 e. The van der Waals surface area contributed by atoms with Crippen LogP contribution in [0.1, 0.15) is 31.2 Å². The molecule has 3 rings (SSSR count). The molecule has 0 saturated carbocycles. The van der Waals surface area contributed by atoms with Gasteiger partial charge in [-0.25, -0.2) is 4.98 Å². The number of terminal acetylenes is 1. The molecule has 1 heterocycles. The van der Waals surface area contributed by atoms with E-state index in [-0.39, 0.29) is 34.5 Å². The highest BCUT2D eigenvalue weighted by molar-refractivity contribution is 9.10. The van der Waals surface area contributed by atoms with Gasteiger partial charge in [-0.1, -0.05) is 47.3 Å². The molecule has 0 radical (unpaired) electrons. The van der Waals surface area contributed by atoms with Gasteiger partial charge in [-0.05, 0) is 24.3 Å². The van der Waals surface area contributed by atoms with Gasteiger partial charge in [0.05, 0.1) is 27.1 Å². The first-order valence-electron chi connectivity index (χ1n) is 9.03. The standard InChI is InChI=1S/C21H16BrClN4O4/c1-4-7-31-19-16(23)8-13(9-18(19)27(29)30)11-24-26-20(12(2)3)25-17-6-5-14(22)10-15(17)21(26)28/h1,5-6,8-12H,7H2,2-3H3. The molecule has 0 unspecified atom stereocenters. The molecule has 10 heteroatoms. The van der Waals surface area contributed by atoms with Crippen molar-refractivity contribution in [3.63, 3.8) is 0 Å². The number of ether oxygens (including phenoxy) is 1. The molecule has 0 saturated heterocycles. The van der Waals surface area contributed by atoms with Crippen LogP contribution in [-0.4, -0.2) is 27.4 Å². The van der Waals surface area contributed by atoms with E-state index < -0.39 is 4.92 Å². The van der Waals surface area contributed by atoms with Crippen LogP contribution in [0.3, 0.4) is 0 Å². The molecular weight excluding hydrogens is 488 g/mol. The number of nitro groups is 1. The maximum atomic E-state index is 13.1. The number of hydrogen-bond acceptors (Lipinski definition) is 6. The highest BCUT2D eigenvalue weighted by Gasteiger charge is 2.20. The van der Waals surface area contributed by atoms with E-state index in [1.165, 1.54) is 23.0 Å². The van der Waals surface area contributed by atoms with E-state index in [9.17, 15) is 14.9 Å². The smallest absolute Gasteiger partial charge is 0.313 e. The summed E-state index contributed by atoms with van der Waals surface area (Å²) in [4.78, 5) is 28.4. The second-order valence-corrected chi connectivity index (χ2v) is 8.07. The third-order valence-electron chi connectivity index (χ3n) is 4.21. The molecule has 3 aromatic rings. The Morgan fingerprint density at radius 1 is 1.42 bits per heavy atom. The number of nitro benzene ring substituents is 1. The Morgan fingerprint density at radius 2 is 2.16 bits per heavy atom. The molecule has 31 heavy (non-hydrogen) atoms. The fourth-order valence-corrected chi connectivity index (χ4v) is 3.48. The number of rotatable bonds is 6. The van der Waals surface area contributed by atoms with Crippen LogP contribution in [0.2, 0.25) is 5.02 Å². The molecule has 0 atom stereocenters. The number of benzene rings is 2. The lowest BCUT2D eigenvalue weighted by molar-refractivity contribution is -0.385. The first-order valence-corrected chi connectivity index (χ1v) is 10.2. The summed E-state index contributed by atoms with van der Waals surface area (Å²) in [5.41, 5.74) is 0.139. The van der Waals surface area contributed by atoms with Crippen LogP contribution in [0.4, 0.5) is 5.69 Å². The fourth-order valence-electron chi connectivity index (χ4n) is 2.84. The average molecular weight is 504 g/mol. The maximum Gasteiger partial charge on any atom is 0.313 e. The molecule has 0 aliphatic carbocycles. The second kappa shape index (κ2) is 9.29. The van der Waals surface area contributed by atoms with Crippen LogP contribution in [0.5, 0.6) is 5.75 Å². The largest absolute Gasteiger partial charge is 0.473 e. The summed E-state index contributed by atoms with van der Waals surface area (Å²) >= 11 is 9.51. The predicted octanol–water partition coefficient (Wildman–Crippen LogP) is 4.74. The van der Waals surface area contributed by atoms with Gasteiger partial charge in [0.1, 0.15) is 12.4 Å². The van der Waals surface area contributed by atoms with Crippen LogP contribution in [-0.2, 0) is 0 Å². The minimum absolute atomic E-state index is 0.00268. The highest BCUT2D eigenvalue weighted by Crippen LogP contribution is 2.35. The first kappa shape index (κ1) is 22.5. The lowest BCUT2D eigenvalue weighted by Crippen LogP contribution is -2.23. The number of hydrogen-bond donors (Lipinski definition) is 0. The molecule has 0 amide bonds. The molecule has 0 bridgehead atoms. The normalized spacial score (nSPS) is 11.2. The monoisotopic (exact) mass is 502 g/mol. The van der Waals surface area contributed by atoms with Crippen LogP contribution in [0.15, 0.2) is 44.7 Å². The van der Waals surface area contributed by atoms with Crippen molar-refractivity contribution in [2.24, 2.45) is 5.10 Å². The quantitative estimate of drug-likeness (QED) is 0.209. The number of nitrogens with zero attached hydrogens (tertiary/aromatic N) is 4. The van der Waals surface area contributed by atoms with Crippen LogP contribution in [0.25, 0.3) is 10.9 Å².